The molecule has 2 rings (SSSR count). The third-order valence-corrected chi connectivity index (χ3v) is 4.91. The summed E-state index contributed by atoms with van der Waals surface area (Å²) in [6.07, 6.45) is 1.63. The number of carbonyl (C=O) groups excluding carboxylic acids is 3. The van der Waals surface area contributed by atoms with Crippen molar-refractivity contribution in [3.05, 3.63) is 22.4 Å². The zero-order valence-corrected chi connectivity index (χ0v) is 16.4. The van der Waals surface area contributed by atoms with Crippen molar-refractivity contribution in [1.29, 1.82) is 0 Å². The number of nitrogens with zero attached hydrogens (tertiary/aromatic N) is 1. The van der Waals surface area contributed by atoms with E-state index in [1.165, 1.54) is 0 Å². The van der Waals surface area contributed by atoms with Gasteiger partial charge in [-0.15, -0.1) is 0 Å². The van der Waals surface area contributed by atoms with Crippen LogP contribution in [0.3, 0.4) is 0 Å². The molecule has 1 saturated heterocycles. The van der Waals surface area contributed by atoms with Crippen LogP contribution in [0, 0.1) is 5.92 Å². The number of thiophene rings is 1. The Morgan fingerprint density at radius 3 is 2.38 bits per heavy atom. The van der Waals surface area contributed by atoms with Gasteiger partial charge >= 0.3 is 17.8 Å². The summed E-state index contributed by atoms with van der Waals surface area (Å²) < 4.78 is 0. The van der Waals surface area contributed by atoms with Crippen LogP contribution in [0.15, 0.2) is 16.8 Å². The fraction of sp³-hybridized carbons (Fsp3) is 0.611. The largest absolute Gasteiger partial charge is 0.348 e. The zero-order chi connectivity index (χ0) is 19.2. The quantitative estimate of drug-likeness (QED) is 0.695. The minimum Gasteiger partial charge on any atom is -0.348 e. The molecule has 1 fully saturated rings. The van der Waals surface area contributed by atoms with Crippen molar-refractivity contribution in [1.82, 2.24) is 20.9 Å². The minimum atomic E-state index is -0.613. The fourth-order valence-corrected chi connectivity index (χ4v) is 3.38. The van der Waals surface area contributed by atoms with Gasteiger partial charge in [-0.2, -0.15) is 11.3 Å². The average molecular weight is 381 g/mol. The Morgan fingerprint density at radius 2 is 1.81 bits per heavy atom. The molecule has 1 aliphatic rings. The van der Waals surface area contributed by atoms with E-state index in [9.17, 15) is 14.4 Å². The molecule has 0 aliphatic carbocycles. The second kappa shape index (κ2) is 9.02. The molecule has 3 N–H and O–H groups in total. The molecule has 0 spiro atoms. The highest BCUT2D eigenvalue weighted by atomic mass is 32.1. The molecule has 0 aromatic carbocycles. The predicted octanol–water partition coefficient (Wildman–Crippen LogP) is 1.70. The number of hydrogen-bond donors (Lipinski definition) is 3. The molecular formula is C18H28N4O3S. The maximum absolute atomic E-state index is 12.1. The maximum atomic E-state index is 12.1. The Morgan fingerprint density at radius 1 is 1.15 bits per heavy atom. The van der Waals surface area contributed by atoms with E-state index in [1.807, 2.05) is 37.6 Å². The molecule has 4 amide bonds. The van der Waals surface area contributed by atoms with Gasteiger partial charge in [-0.3, -0.25) is 9.59 Å². The molecule has 8 heteroatoms. The van der Waals surface area contributed by atoms with Crippen LogP contribution >= 0.6 is 11.3 Å². The molecular weight excluding hydrogens is 352 g/mol. The van der Waals surface area contributed by atoms with E-state index in [2.05, 4.69) is 16.0 Å². The Hall–Kier alpha value is -2.09. The number of piperidine rings is 1. The highest BCUT2D eigenvalue weighted by Crippen LogP contribution is 2.17. The lowest BCUT2D eigenvalue weighted by Gasteiger charge is -2.34. The SMILES string of the molecule is CC(C)(C)NC(=O)N1CCC(CNC(=O)C(=O)NCc2ccsc2)CC1. The van der Waals surface area contributed by atoms with Crippen LogP contribution in [0.5, 0.6) is 0 Å². The molecule has 144 valence electrons. The number of rotatable bonds is 4. The molecule has 1 aliphatic heterocycles. The summed E-state index contributed by atoms with van der Waals surface area (Å²) >= 11 is 1.55. The highest BCUT2D eigenvalue weighted by molar-refractivity contribution is 7.07. The zero-order valence-electron chi connectivity index (χ0n) is 15.6. The smallest absolute Gasteiger partial charge is 0.317 e. The summed E-state index contributed by atoms with van der Waals surface area (Å²) in [6.45, 7) is 8.00. The third-order valence-electron chi connectivity index (χ3n) is 4.17. The lowest BCUT2D eigenvalue weighted by Crippen LogP contribution is -2.51. The van der Waals surface area contributed by atoms with Gasteiger partial charge in [-0.25, -0.2) is 4.79 Å². The van der Waals surface area contributed by atoms with Gasteiger partial charge in [0.15, 0.2) is 0 Å². The molecule has 7 nitrogen and oxygen atoms in total. The first-order valence-electron chi connectivity index (χ1n) is 8.89. The predicted molar refractivity (Wildman–Crippen MR) is 102 cm³/mol. The van der Waals surface area contributed by atoms with Crippen LogP contribution in [-0.2, 0) is 16.1 Å². The van der Waals surface area contributed by atoms with E-state index in [-0.39, 0.29) is 17.5 Å². The van der Waals surface area contributed by atoms with Crippen LogP contribution in [0.1, 0.15) is 39.2 Å². The Balaban J connectivity index is 1.65. The maximum Gasteiger partial charge on any atom is 0.317 e. The molecule has 0 saturated carbocycles. The summed E-state index contributed by atoms with van der Waals surface area (Å²) in [4.78, 5) is 37.6. The van der Waals surface area contributed by atoms with Crippen molar-refractivity contribution in [2.45, 2.75) is 45.7 Å². The second-order valence-corrected chi connectivity index (χ2v) is 8.41. The summed E-state index contributed by atoms with van der Waals surface area (Å²) in [5.74, 6) is -0.936. The Bertz CT molecular complexity index is 617. The van der Waals surface area contributed by atoms with Gasteiger partial charge in [0.1, 0.15) is 0 Å². The number of urea groups is 1. The lowest BCUT2D eigenvalue weighted by molar-refractivity contribution is -0.139. The number of nitrogens with one attached hydrogen (secondary N) is 3. The monoisotopic (exact) mass is 380 g/mol. The first kappa shape index (κ1) is 20.2. The van der Waals surface area contributed by atoms with E-state index < -0.39 is 11.8 Å². The Labute approximate surface area is 158 Å². The molecule has 26 heavy (non-hydrogen) atoms. The number of likely N-dealkylation sites (tertiary alicyclic amines) is 1. The standard InChI is InChI=1S/C18H28N4O3S/c1-18(2,3)21-17(25)22-7-4-13(5-8-22)10-19-15(23)16(24)20-11-14-6-9-26-12-14/h6,9,12-13H,4-5,7-8,10-11H2,1-3H3,(H,19,23)(H,20,24)(H,21,25). The van der Waals surface area contributed by atoms with Crippen molar-refractivity contribution >= 4 is 29.2 Å². The summed E-state index contributed by atoms with van der Waals surface area (Å²) in [5.41, 5.74) is 0.732. The molecule has 1 aromatic heterocycles. The second-order valence-electron chi connectivity index (χ2n) is 7.63. The first-order chi connectivity index (χ1) is 12.2. The third kappa shape index (κ3) is 6.67. The van der Waals surface area contributed by atoms with Crippen molar-refractivity contribution in [3.8, 4) is 0 Å². The van der Waals surface area contributed by atoms with Gasteiger partial charge in [0, 0.05) is 31.7 Å². The van der Waals surface area contributed by atoms with Crippen molar-refractivity contribution in [2.75, 3.05) is 19.6 Å². The van der Waals surface area contributed by atoms with E-state index in [0.717, 1.165) is 18.4 Å². The van der Waals surface area contributed by atoms with Crippen molar-refractivity contribution in [2.24, 2.45) is 5.92 Å². The first-order valence-corrected chi connectivity index (χ1v) is 9.83. The molecule has 0 bridgehead atoms. The lowest BCUT2D eigenvalue weighted by atomic mass is 9.97. The van der Waals surface area contributed by atoms with Gasteiger partial charge in [-0.1, -0.05) is 0 Å². The van der Waals surface area contributed by atoms with Crippen LogP contribution in [0.2, 0.25) is 0 Å². The topological polar surface area (TPSA) is 90.5 Å². The minimum absolute atomic E-state index is 0.0483. The molecule has 0 radical (unpaired) electrons. The van der Waals surface area contributed by atoms with Crippen LogP contribution < -0.4 is 16.0 Å². The molecule has 0 atom stereocenters. The average Bonchev–Trinajstić information content (AvgIpc) is 3.10. The van der Waals surface area contributed by atoms with Crippen molar-refractivity contribution in [3.63, 3.8) is 0 Å². The van der Waals surface area contributed by atoms with Crippen LogP contribution in [-0.4, -0.2) is 47.9 Å². The van der Waals surface area contributed by atoms with E-state index >= 15 is 0 Å². The summed E-state index contributed by atoms with van der Waals surface area (Å²) in [6, 6.07) is 1.86. The van der Waals surface area contributed by atoms with E-state index in [4.69, 9.17) is 0 Å². The van der Waals surface area contributed by atoms with Gasteiger partial charge in [-0.05, 0) is 61.9 Å². The number of amides is 4. The van der Waals surface area contributed by atoms with Gasteiger partial charge in [0.05, 0.1) is 0 Å². The molecule has 2 heterocycles. The van der Waals surface area contributed by atoms with Crippen LogP contribution in [0.4, 0.5) is 4.79 Å². The van der Waals surface area contributed by atoms with Crippen molar-refractivity contribution < 1.29 is 14.4 Å². The molecule has 1 aromatic rings. The van der Waals surface area contributed by atoms with E-state index in [0.29, 0.717) is 26.2 Å². The fourth-order valence-electron chi connectivity index (χ4n) is 2.71. The Kier molecular flexibility index (Phi) is 7.02. The normalized spacial score (nSPS) is 15.4. The van der Waals surface area contributed by atoms with Gasteiger partial charge < -0.3 is 20.9 Å². The van der Waals surface area contributed by atoms with E-state index in [1.54, 1.807) is 16.2 Å². The number of hydrogen-bond acceptors (Lipinski definition) is 4. The molecule has 0 unspecified atom stereocenters. The summed E-state index contributed by atoms with van der Waals surface area (Å²) in [5, 5.41) is 12.1. The summed E-state index contributed by atoms with van der Waals surface area (Å²) in [7, 11) is 0. The van der Waals surface area contributed by atoms with Gasteiger partial charge in [0.25, 0.3) is 0 Å². The van der Waals surface area contributed by atoms with Crippen LogP contribution in [0.25, 0.3) is 0 Å². The highest BCUT2D eigenvalue weighted by Gasteiger charge is 2.25. The van der Waals surface area contributed by atoms with Gasteiger partial charge in [0.2, 0.25) is 0 Å². The number of carbonyl (C=O) groups is 3.